The van der Waals surface area contributed by atoms with E-state index in [0.717, 1.165) is 33.4 Å². The molecule has 1 atom stereocenters. The summed E-state index contributed by atoms with van der Waals surface area (Å²) in [7, 11) is 1.48. The predicted molar refractivity (Wildman–Crippen MR) is 122 cm³/mol. The van der Waals surface area contributed by atoms with Gasteiger partial charge >= 0.3 is 6.09 Å². The molecular formula is C27H25NO4. The number of amides is 1. The molecule has 0 bridgehead atoms. The van der Waals surface area contributed by atoms with E-state index in [1.54, 1.807) is 0 Å². The Balaban J connectivity index is 1.79. The molecule has 32 heavy (non-hydrogen) atoms. The van der Waals surface area contributed by atoms with E-state index in [9.17, 15) is 4.79 Å². The van der Waals surface area contributed by atoms with E-state index in [-0.39, 0.29) is 18.7 Å². The fourth-order valence-electron chi connectivity index (χ4n) is 5.10. The minimum absolute atomic E-state index is 0.248. The summed E-state index contributed by atoms with van der Waals surface area (Å²) >= 11 is 0. The number of benzene rings is 3. The van der Waals surface area contributed by atoms with Gasteiger partial charge in [0.05, 0.1) is 13.2 Å². The summed E-state index contributed by atoms with van der Waals surface area (Å²) in [6.07, 6.45) is 1.61. The largest absolute Gasteiger partial charge is 0.447 e. The smallest absolute Gasteiger partial charge is 0.411 e. The average Bonchev–Trinajstić information content (AvgIpc) is 3.36. The Morgan fingerprint density at radius 3 is 2.22 bits per heavy atom. The first-order valence-electron chi connectivity index (χ1n) is 10.7. The maximum atomic E-state index is 13.4. The van der Waals surface area contributed by atoms with E-state index in [4.69, 9.17) is 14.5 Å². The summed E-state index contributed by atoms with van der Waals surface area (Å²) in [6.45, 7) is 2.59. The molecule has 0 spiro atoms. The molecule has 162 valence electrons. The molecule has 1 saturated heterocycles. The van der Waals surface area contributed by atoms with Gasteiger partial charge in [0.15, 0.2) is 0 Å². The number of nitrogens with zero attached hydrogens (tertiary/aromatic N) is 1. The maximum absolute atomic E-state index is 13.4. The first-order valence-corrected chi connectivity index (χ1v) is 10.7. The Labute approximate surface area is 187 Å². The Kier molecular flexibility index (Phi) is 5.29. The van der Waals surface area contributed by atoms with Crippen LogP contribution in [0, 0.1) is 0 Å². The van der Waals surface area contributed by atoms with E-state index < -0.39 is 5.54 Å². The van der Waals surface area contributed by atoms with Crippen LogP contribution in [-0.4, -0.2) is 37.4 Å². The van der Waals surface area contributed by atoms with Crippen molar-refractivity contribution in [1.82, 2.24) is 4.90 Å². The van der Waals surface area contributed by atoms with Crippen molar-refractivity contribution in [2.75, 3.05) is 20.3 Å². The van der Waals surface area contributed by atoms with Crippen molar-refractivity contribution in [1.29, 1.82) is 0 Å². The topological polar surface area (TPSA) is 48.0 Å². The fourth-order valence-corrected chi connectivity index (χ4v) is 5.10. The summed E-state index contributed by atoms with van der Waals surface area (Å²) in [5.41, 5.74) is 5.65. The summed E-state index contributed by atoms with van der Waals surface area (Å²) in [4.78, 5) is 25.1. The second-order valence-corrected chi connectivity index (χ2v) is 8.03. The third-order valence-electron chi connectivity index (χ3n) is 6.47. The van der Waals surface area contributed by atoms with Crippen LogP contribution in [0.25, 0.3) is 11.1 Å². The number of hydrogen-bond donors (Lipinski definition) is 0. The highest BCUT2D eigenvalue weighted by atomic mass is 17.2. The highest BCUT2D eigenvalue weighted by molar-refractivity contribution is 5.87. The zero-order chi connectivity index (χ0) is 22.1. The molecular weight excluding hydrogens is 402 g/mol. The monoisotopic (exact) mass is 427 g/mol. The highest BCUT2D eigenvalue weighted by Gasteiger charge is 2.56. The second-order valence-electron chi connectivity index (χ2n) is 8.03. The van der Waals surface area contributed by atoms with Crippen LogP contribution in [-0.2, 0) is 20.1 Å². The normalized spacial score (nSPS) is 18.9. The molecule has 0 radical (unpaired) electrons. The van der Waals surface area contributed by atoms with Crippen molar-refractivity contribution in [2.45, 2.75) is 18.5 Å². The average molecular weight is 428 g/mol. The molecule has 5 heteroatoms. The lowest BCUT2D eigenvalue weighted by atomic mass is 9.78. The number of hydrogen-bond acceptors (Lipinski definition) is 4. The van der Waals surface area contributed by atoms with Crippen molar-refractivity contribution in [3.05, 3.63) is 107 Å². The van der Waals surface area contributed by atoms with Crippen LogP contribution >= 0.6 is 0 Å². The van der Waals surface area contributed by atoms with Crippen LogP contribution in [0.2, 0.25) is 0 Å². The number of rotatable bonds is 6. The number of carbonyl (C=O) groups is 1. The lowest BCUT2D eigenvalue weighted by molar-refractivity contribution is -0.263. The third-order valence-corrected chi connectivity index (χ3v) is 6.47. The van der Waals surface area contributed by atoms with Crippen LogP contribution in [0.3, 0.4) is 0 Å². The Bertz CT molecular complexity index is 1130. The molecule has 1 unspecified atom stereocenters. The van der Waals surface area contributed by atoms with Gasteiger partial charge in [0.25, 0.3) is 0 Å². The summed E-state index contributed by atoms with van der Waals surface area (Å²) in [5, 5.41) is 0. The molecule has 5 rings (SSSR count). The molecule has 1 heterocycles. The van der Waals surface area contributed by atoms with Gasteiger partial charge in [-0.15, -0.1) is 0 Å². The molecule has 5 nitrogen and oxygen atoms in total. The summed E-state index contributed by atoms with van der Waals surface area (Å²) in [5.74, 6) is 0. The van der Waals surface area contributed by atoms with Crippen LogP contribution in [0.5, 0.6) is 0 Å². The molecule has 1 aliphatic carbocycles. The molecule has 3 aromatic rings. The molecule has 0 saturated carbocycles. The van der Waals surface area contributed by atoms with Crippen LogP contribution in [0.15, 0.2) is 90.5 Å². The van der Waals surface area contributed by atoms with Gasteiger partial charge in [-0.05, 0) is 40.3 Å². The van der Waals surface area contributed by atoms with Gasteiger partial charge in [-0.3, -0.25) is 4.90 Å². The number of carbonyl (C=O) groups excluding carboxylic acids is 1. The molecule has 0 aromatic heterocycles. The van der Waals surface area contributed by atoms with Crippen molar-refractivity contribution in [3.8, 4) is 11.1 Å². The molecule has 0 N–H and O–H groups in total. The molecule has 1 fully saturated rings. The van der Waals surface area contributed by atoms with E-state index in [1.807, 2.05) is 60.4 Å². The summed E-state index contributed by atoms with van der Waals surface area (Å²) in [6, 6.07) is 26.6. The van der Waals surface area contributed by atoms with E-state index in [1.165, 1.54) is 7.11 Å². The predicted octanol–water partition coefficient (Wildman–Crippen LogP) is 5.30. The number of cyclic esters (lactones) is 1. The van der Waals surface area contributed by atoms with Crippen LogP contribution in [0.1, 0.15) is 23.6 Å². The Hall–Kier alpha value is -3.41. The van der Waals surface area contributed by atoms with E-state index in [0.29, 0.717) is 6.61 Å². The quantitative estimate of drug-likeness (QED) is 0.232. The fraction of sp³-hybridized carbons (Fsp3) is 0.222. The first kappa shape index (κ1) is 20.5. The van der Waals surface area contributed by atoms with Gasteiger partial charge in [-0.1, -0.05) is 84.9 Å². The van der Waals surface area contributed by atoms with Crippen molar-refractivity contribution in [3.63, 3.8) is 0 Å². The lowest BCUT2D eigenvalue weighted by Gasteiger charge is -2.43. The minimum Gasteiger partial charge on any atom is -0.447 e. The van der Waals surface area contributed by atoms with Crippen molar-refractivity contribution >= 4 is 6.09 Å². The number of ether oxygens (including phenoxy) is 1. The number of fused-ring (bicyclic) bond motifs is 3. The van der Waals surface area contributed by atoms with Gasteiger partial charge in [-0.25, -0.2) is 14.6 Å². The van der Waals surface area contributed by atoms with Crippen molar-refractivity contribution in [2.24, 2.45) is 0 Å². The molecule has 1 aliphatic heterocycles. The maximum Gasteiger partial charge on any atom is 0.411 e. The van der Waals surface area contributed by atoms with Gasteiger partial charge in [0, 0.05) is 0 Å². The van der Waals surface area contributed by atoms with Crippen LogP contribution in [0.4, 0.5) is 4.79 Å². The van der Waals surface area contributed by atoms with Gasteiger partial charge in [0.1, 0.15) is 18.8 Å². The van der Waals surface area contributed by atoms with Gasteiger partial charge in [-0.2, -0.15) is 0 Å². The molecule has 1 amide bonds. The van der Waals surface area contributed by atoms with E-state index in [2.05, 4.69) is 36.4 Å². The summed E-state index contributed by atoms with van der Waals surface area (Å²) < 4.78 is 5.67. The van der Waals surface area contributed by atoms with E-state index >= 15 is 0 Å². The molecule has 3 aromatic carbocycles. The first-order chi connectivity index (χ1) is 15.7. The standard InChI is InChI=1S/C27H25NO4/c1-19(16-17-32-30-2)25-18-31-26(29)28(25)27(20-10-4-3-5-11-20)23-14-8-6-12-21(23)22-13-7-9-15-24(22)27/h3-16,25H,17-18H2,1-2H3/b19-16-. The zero-order valence-corrected chi connectivity index (χ0v) is 18.2. The molecule has 2 aliphatic rings. The van der Waals surface area contributed by atoms with Gasteiger partial charge < -0.3 is 4.74 Å². The van der Waals surface area contributed by atoms with Crippen LogP contribution < -0.4 is 0 Å². The Morgan fingerprint density at radius 2 is 1.59 bits per heavy atom. The van der Waals surface area contributed by atoms with Gasteiger partial charge in [0.2, 0.25) is 0 Å². The van der Waals surface area contributed by atoms with Crippen molar-refractivity contribution < 1.29 is 19.3 Å². The second kappa shape index (κ2) is 8.26. The third kappa shape index (κ3) is 2.97. The highest BCUT2D eigenvalue weighted by Crippen LogP contribution is 2.56. The minimum atomic E-state index is -0.802. The zero-order valence-electron chi connectivity index (χ0n) is 18.2. The Morgan fingerprint density at radius 1 is 1.00 bits per heavy atom. The lowest BCUT2D eigenvalue weighted by Crippen LogP contribution is -2.52. The SMILES string of the molecule is COOC/C=C(/C)C1COC(=O)N1C1(c2ccccc2)c2ccccc2-c2ccccc21.